The standard InChI is InChI=1S/C26H26N4O2/c31-25-27-26(28-29(25)20-13-6-2-7-14-20)18-10-17-22-23(26)24(19-11-4-1-5-12-19)30(32-22)21-15-8-3-9-16-21/h1-9,11-16,22-24,28H,10,17-18H2,(H,27,31). The van der Waals surface area contributed by atoms with Crippen LogP contribution in [0.1, 0.15) is 30.9 Å². The van der Waals surface area contributed by atoms with Gasteiger partial charge in [-0.1, -0.05) is 66.7 Å². The third kappa shape index (κ3) is 3.06. The number of para-hydroxylation sites is 2. The molecule has 0 aromatic heterocycles. The molecule has 0 bridgehead atoms. The first-order chi connectivity index (χ1) is 15.8. The zero-order valence-electron chi connectivity index (χ0n) is 17.7. The van der Waals surface area contributed by atoms with Crippen LogP contribution < -0.4 is 20.8 Å². The van der Waals surface area contributed by atoms with Gasteiger partial charge in [-0.25, -0.2) is 14.9 Å². The van der Waals surface area contributed by atoms with Crippen LogP contribution in [0.4, 0.5) is 16.2 Å². The lowest BCUT2D eigenvalue weighted by Gasteiger charge is -2.43. The van der Waals surface area contributed by atoms with Gasteiger partial charge in [-0.15, -0.1) is 0 Å². The van der Waals surface area contributed by atoms with Crippen LogP contribution in [0, 0.1) is 5.92 Å². The number of carbonyl (C=O) groups is 1. The SMILES string of the molecule is O=C1NC2(CCCC3ON(c4ccccc4)C(c4ccccc4)C32)NN1c1ccccc1. The largest absolute Gasteiger partial charge is 0.338 e. The highest BCUT2D eigenvalue weighted by atomic mass is 16.7. The zero-order chi connectivity index (χ0) is 21.5. The van der Waals surface area contributed by atoms with Gasteiger partial charge in [0.2, 0.25) is 0 Å². The van der Waals surface area contributed by atoms with Crippen molar-refractivity contribution in [2.45, 2.75) is 37.1 Å². The first kappa shape index (κ1) is 19.3. The van der Waals surface area contributed by atoms with Crippen LogP contribution in [-0.2, 0) is 4.84 Å². The first-order valence-corrected chi connectivity index (χ1v) is 11.3. The van der Waals surface area contributed by atoms with E-state index in [-0.39, 0.29) is 24.1 Å². The summed E-state index contributed by atoms with van der Waals surface area (Å²) in [4.78, 5) is 19.7. The number of benzene rings is 3. The number of nitrogens with one attached hydrogen (secondary N) is 2. The Morgan fingerprint density at radius 3 is 2.16 bits per heavy atom. The molecule has 1 aliphatic carbocycles. The number of amides is 2. The van der Waals surface area contributed by atoms with E-state index in [0.717, 1.165) is 30.6 Å². The molecule has 2 heterocycles. The number of hydroxylamine groups is 1. The second kappa shape index (κ2) is 7.65. The molecule has 6 rings (SSSR count). The molecule has 3 aliphatic rings. The number of nitrogens with zero attached hydrogens (tertiary/aromatic N) is 2. The minimum atomic E-state index is -0.583. The zero-order valence-corrected chi connectivity index (χ0v) is 17.7. The summed E-state index contributed by atoms with van der Waals surface area (Å²) < 4.78 is 0. The van der Waals surface area contributed by atoms with E-state index in [0.29, 0.717) is 0 Å². The van der Waals surface area contributed by atoms with Crippen molar-refractivity contribution in [3.63, 3.8) is 0 Å². The summed E-state index contributed by atoms with van der Waals surface area (Å²) in [7, 11) is 0. The summed E-state index contributed by atoms with van der Waals surface area (Å²) in [5.41, 5.74) is 6.03. The van der Waals surface area contributed by atoms with Gasteiger partial charge < -0.3 is 5.32 Å². The summed E-state index contributed by atoms with van der Waals surface area (Å²) in [5.74, 6) is 0.0384. The Kier molecular flexibility index (Phi) is 4.63. The fraction of sp³-hybridized carbons (Fsp3) is 0.269. The van der Waals surface area contributed by atoms with Crippen molar-refractivity contribution in [2.75, 3.05) is 10.1 Å². The van der Waals surface area contributed by atoms with Crippen molar-refractivity contribution in [1.29, 1.82) is 0 Å². The van der Waals surface area contributed by atoms with E-state index < -0.39 is 5.66 Å². The molecule has 32 heavy (non-hydrogen) atoms. The van der Waals surface area contributed by atoms with Crippen LogP contribution in [0.25, 0.3) is 0 Å². The van der Waals surface area contributed by atoms with Crippen molar-refractivity contribution >= 4 is 17.4 Å². The number of rotatable bonds is 3. The minimum Gasteiger partial charge on any atom is -0.316 e. The van der Waals surface area contributed by atoms with Crippen molar-refractivity contribution in [1.82, 2.24) is 10.7 Å². The Morgan fingerprint density at radius 1 is 0.844 bits per heavy atom. The monoisotopic (exact) mass is 426 g/mol. The highest BCUT2D eigenvalue weighted by Crippen LogP contribution is 2.52. The molecule has 4 atom stereocenters. The molecule has 6 nitrogen and oxygen atoms in total. The third-order valence-corrected chi connectivity index (χ3v) is 6.88. The number of hydrogen-bond acceptors (Lipinski definition) is 4. The molecule has 2 saturated heterocycles. The lowest BCUT2D eigenvalue weighted by atomic mass is 9.72. The molecule has 3 aromatic carbocycles. The maximum atomic E-state index is 13.1. The van der Waals surface area contributed by atoms with E-state index in [2.05, 4.69) is 52.2 Å². The van der Waals surface area contributed by atoms with Crippen LogP contribution in [0.2, 0.25) is 0 Å². The Morgan fingerprint density at radius 2 is 1.47 bits per heavy atom. The van der Waals surface area contributed by atoms with Gasteiger partial charge >= 0.3 is 6.03 Å². The third-order valence-electron chi connectivity index (χ3n) is 6.88. The van der Waals surface area contributed by atoms with Gasteiger partial charge in [-0.05, 0) is 49.1 Å². The maximum absolute atomic E-state index is 13.1. The summed E-state index contributed by atoms with van der Waals surface area (Å²) in [6, 6.07) is 30.3. The minimum absolute atomic E-state index is 0.00214. The van der Waals surface area contributed by atoms with Crippen LogP contribution in [-0.4, -0.2) is 17.8 Å². The molecule has 3 fully saturated rings. The number of anilines is 2. The van der Waals surface area contributed by atoms with E-state index in [9.17, 15) is 4.79 Å². The predicted molar refractivity (Wildman–Crippen MR) is 124 cm³/mol. The van der Waals surface area contributed by atoms with Gasteiger partial charge in [0.05, 0.1) is 29.4 Å². The molecule has 2 aliphatic heterocycles. The number of carbonyl (C=O) groups excluding carboxylic acids is 1. The first-order valence-electron chi connectivity index (χ1n) is 11.3. The summed E-state index contributed by atoms with van der Waals surface area (Å²) in [6.07, 6.45) is 2.78. The number of hydrazine groups is 1. The van der Waals surface area contributed by atoms with E-state index in [1.165, 1.54) is 5.56 Å². The summed E-state index contributed by atoms with van der Waals surface area (Å²) in [6.45, 7) is 0. The topological polar surface area (TPSA) is 56.8 Å². The highest BCUT2D eigenvalue weighted by Gasteiger charge is 2.61. The molecule has 162 valence electrons. The normalized spacial score (nSPS) is 29.2. The van der Waals surface area contributed by atoms with Gasteiger partial charge in [0, 0.05) is 0 Å². The van der Waals surface area contributed by atoms with Crippen LogP contribution >= 0.6 is 0 Å². The molecule has 6 heteroatoms. The smallest absolute Gasteiger partial charge is 0.316 e. The van der Waals surface area contributed by atoms with Gasteiger partial charge in [0.25, 0.3) is 0 Å². The van der Waals surface area contributed by atoms with Crippen LogP contribution in [0.3, 0.4) is 0 Å². The van der Waals surface area contributed by atoms with Gasteiger partial charge in [0.15, 0.2) is 0 Å². The maximum Gasteiger partial charge on any atom is 0.338 e. The van der Waals surface area contributed by atoms with Crippen molar-refractivity contribution in [2.24, 2.45) is 5.92 Å². The van der Waals surface area contributed by atoms with Crippen molar-refractivity contribution in [3.8, 4) is 0 Å². The Balaban J connectivity index is 1.43. The number of hydrogen-bond donors (Lipinski definition) is 2. The molecule has 4 unspecified atom stereocenters. The van der Waals surface area contributed by atoms with Crippen molar-refractivity contribution in [3.05, 3.63) is 96.6 Å². The van der Waals surface area contributed by atoms with Gasteiger partial charge in [-0.2, -0.15) is 5.43 Å². The Labute approximate surface area is 187 Å². The predicted octanol–water partition coefficient (Wildman–Crippen LogP) is 4.78. The summed E-state index contributed by atoms with van der Waals surface area (Å²) in [5, 5.41) is 7.03. The van der Waals surface area contributed by atoms with Gasteiger partial charge in [0.1, 0.15) is 5.66 Å². The molecule has 0 radical (unpaired) electrons. The van der Waals surface area contributed by atoms with Crippen molar-refractivity contribution < 1.29 is 9.63 Å². The molecule has 2 amide bonds. The number of urea groups is 1. The Hall–Kier alpha value is -3.35. The quantitative estimate of drug-likeness (QED) is 0.633. The lowest BCUT2D eigenvalue weighted by Crippen LogP contribution is -2.62. The lowest BCUT2D eigenvalue weighted by molar-refractivity contribution is 0.00991. The fourth-order valence-electron chi connectivity index (χ4n) is 5.54. The summed E-state index contributed by atoms with van der Waals surface area (Å²) >= 11 is 0. The Bertz CT molecular complexity index is 1090. The number of fused-ring (bicyclic) bond motifs is 2. The molecule has 3 aromatic rings. The second-order valence-electron chi connectivity index (χ2n) is 8.76. The van der Waals surface area contributed by atoms with E-state index in [4.69, 9.17) is 4.84 Å². The molecular formula is C26H26N4O2. The second-order valence-corrected chi connectivity index (χ2v) is 8.76. The molecule has 2 N–H and O–H groups in total. The molecule has 1 saturated carbocycles. The highest BCUT2D eigenvalue weighted by molar-refractivity contribution is 5.94. The van der Waals surface area contributed by atoms with E-state index >= 15 is 0 Å². The molecule has 1 spiro atoms. The average molecular weight is 427 g/mol. The molecular weight excluding hydrogens is 400 g/mol. The van der Waals surface area contributed by atoms with Crippen LogP contribution in [0.5, 0.6) is 0 Å². The van der Waals surface area contributed by atoms with Gasteiger partial charge in [-0.3, -0.25) is 4.84 Å². The van der Waals surface area contributed by atoms with E-state index in [1.54, 1.807) is 5.01 Å². The fourth-order valence-corrected chi connectivity index (χ4v) is 5.54. The van der Waals surface area contributed by atoms with E-state index in [1.807, 2.05) is 54.6 Å². The van der Waals surface area contributed by atoms with Crippen LogP contribution in [0.15, 0.2) is 91.0 Å². The average Bonchev–Trinajstić information content (AvgIpc) is 3.40.